The van der Waals surface area contributed by atoms with E-state index < -0.39 is 0 Å². The lowest BCUT2D eigenvalue weighted by Gasteiger charge is -2.10. The van der Waals surface area contributed by atoms with Crippen LogP contribution in [0, 0.1) is 13.8 Å². The quantitative estimate of drug-likeness (QED) is 0.464. The number of nitrogens with one attached hydrogen (secondary N) is 1. The highest BCUT2D eigenvalue weighted by Crippen LogP contribution is 2.30. The lowest BCUT2D eigenvalue weighted by atomic mass is 10.2. The van der Waals surface area contributed by atoms with Crippen LogP contribution in [0.1, 0.15) is 11.3 Å². The van der Waals surface area contributed by atoms with E-state index in [1.807, 2.05) is 79.1 Å². The first-order valence-corrected chi connectivity index (χ1v) is 10.1. The van der Waals surface area contributed by atoms with Crippen LogP contribution in [0.3, 0.4) is 0 Å². The largest absolute Gasteiger partial charge is 0.469 e. The highest BCUT2D eigenvalue weighted by atomic mass is 32.2. The molecule has 0 atom stereocenters. The predicted octanol–water partition coefficient (Wildman–Crippen LogP) is 4.87. The maximum absolute atomic E-state index is 12.4. The van der Waals surface area contributed by atoms with Gasteiger partial charge in [0.2, 0.25) is 5.91 Å². The summed E-state index contributed by atoms with van der Waals surface area (Å²) >= 11 is 1.34. The fourth-order valence-electron chi connectivity index (χ4n) is 3.01. The van der Waals surface area contributed by atoms with Gasteiger partial charge in [-0.25, -0.2) is 0 Å². The standard InChI is InChI=1S/C22H20N4O2S/c1-15-7-6-8-17(13-15)23-20(27)14-29-22-25-24-21(19-11-12-28-16(19)2)26(22)18-9-4-3-5-10-18/h3-13H,14H2,1-2H3,(H,23,27). The number of rotatable bonds is 6. The number of thioether (sulfide) groups is 1. The van der Waals surface area contributed by atoms with Gasteiger partial charge in [-0.3, -0.25) is 9.36 Å². The van der Waals surface area contributed by atoms with Crippen molar-refractivity contribution < 1.29 is 9.21 Å². The zero-order chi connectivity index (χ0) is 20.2. The van der Waals surface area contributed by atoms with Gasteiger partial charge >= 0.3 is 0 Å². The van der Waals surface area contributed by atoms with Crippen molar-refractivity contribution >= 4 is 23.4 Å². The summed E-state index contributed by atoms with van der Waals surface area (Å²) in [7, 11) is 0. The van der Waals surface area contributed by atoms with Crippen LogP contribution in [0.2, 0.25) is 0 Å². The van der Waals surface area contributed by atoms with E-state index in [1.54, 1.807) is 6.26 Å². The fraction of sp³-hybridized carbons (Fsp3) is 0.136. The van der Waals surface area contributed by atoms with Gasteiger partial charge in [-0.2, -0.15) is 0 Å². The summed E-state index contributed by atoms with van der Waals surface area (Å²) in [6.45, 7) is 3.88. The highest BCUT2D eigenvalue weighted by molar-refractivity contribution is 7.99. The van der Waals surface area contributed by atoms with Gasteiger partial charge in [0, 0.05) is 11.4 Å². The molecule has 1 N–H and O–H groups in total. The van der Waals surface area contributed by atoms with Gasteiger partial charge in [0.15, 0.2) is 11.0 Å². The van der Waals surface area contributed by atoms with Crippen molar-refractivity contribution in [3.05, 3.63) is 78.3 Å². The van der Waals surface area contributed by atoms with Crippen molar-refractivity contribution in [2.75, 3.05) is 11.1 Å². The van der Waals surface area contributed by atoms with Gasteiger partial charge in [0.25, 0.3) is 0 Å². The molecule has 0 saturated carbocycles. The molecule has 0 radical (unpaired) electrons. The molecule has 0 saturated heterocycles. The minimum Gasteiger partial charge on any atom is -0.469 e. The Hall–Kier alpha value is -3.32. The van der Waals surface area contributed by atoms with Crippen molar-refractivity contribution in [3.8, 4) is 17.1 Å². The van der Waals surface area contributed by atoms with Gasteiger partial charge < -0.3 is 9.73 Å². The normalized spacial score (nSPS) is 10.8. The summed E-state index contributed by atoms with van der Waals surface area (Å²) in [6, 6.07) is 19.4. The Kier molecular flexibility index (Phi) is 5.48. The third-order valence-corrected chi connectivity index (χ3v) is 5.31. The number of aryl methyl sites for hydroxylation is 2. The van der Waals surface area contributed by atoms with Gasteiger partial charge in [0.05, 0.1) is 17.6 Å². The van der Waals surface area contributed by atoms with Crippen LogP contribution in [0.5, 0.6) is 0 Å². The van der Waals surface area contributed by atoms with Gasteiger partial charge in [-0.1, -0.05) is 42.1 Å². The zero-order valence-corrected chi connectivity index (χ0v) is 16.9. The minimum absolute atomic E-state index is 0.0933. The second-order valence-corrected chi connectivity index (χ2v) is 7.52. The molecule has 0 spiro atoms. The van der Waals surface area contributed by atoms with Crippen molar-refractivity contribution in [1.29, 1.82) is 0 Å². The Bertz CT molecular complexity index is 1130. The molecular weight excluding hydrogens is 384 g/mol. The number of carbonyl (C=O) groups excluding carboxylic acids is 1. The summed E-state index contributed by atoms with van der Waals surface area (Å²) in [5.41, 5.74) is 3.68. The van der Waals surface area contributed by atoms with E-state index >= 15 is 0 Å². The first-order valence-electron chi connectivity index (χ1n) is 9.16. The minimum atomic E-state index is -0.0933. The molecule has 6 nitrogen and oxygen atoms in total. The number of amides is 1. The van der Waals surface area contributed by atoms with Crippen molar-refractivity contribution in [2.45, 2.75) is 19.0 Å². The zero-order valence-electron chi connectivity index (χ0n) is 16.1. The SMILES string of the molecule is Cc1cccc(NC(=O)CSc2nnc(-c3ccoc3C)n2-c2ccccc2)c1. The molecule has 0 unspecified atom stereocenters. The number of benzene rings is 2. The van der Waals surface area contributed by atoms with E-state index in [0.29, 0.717) is 11.0 Å². The lowest BCUT2D eigenvalue weighted by Crippen LogP contribution is -2.14. The molecular formula is C22H20N4O2S. The van der Waals surface area contributed by atoms with E-state index in [4.69, 9.17) is 4.42 Å². The number of carbonyl (C=O) groups is 1. The molecule has 2 aromatic heterocycles. The summed E-state index contributed by atoms with van der Waals surface area (Å²) < 4.78 is 7.39. The average Bonchev–Trinajstić information content (AvgIpc) is 3.32. The second-order valence-electron chi connectivity index (χ2n) is 6.57. The van der Waals surface area contributed by atoms with E-state index in [-0.39, 0.29) is 11.7 Å². The molecule has 0 aliphatic heterocycles. The molecule has 1 amide bonds. The van der Waals surface area contributed by atoms with Crippen LogP contribution in [0.25, 0.3) is 17.1 Å². The van der Waals surface area contributed by atoms with Crippen LogP contribution in [-0.2, 0) is 4.79 Å². The third-order valence-electron chi connectivity index (χ3n) is 4.38. The third kappa shape index (κ3) is 4.25. The first kappa shape index (κ1) is 19.0. The number of furan rings is 1. The number of hydrogen-bond donors (Lipinski definition) is 1. The smallest absolute Gasteiger partial charge is 0.234 e. The molecule has 4 rings (SSSR count). The first-order chi connectivity index (χ1) is 14.1. The van der Waals surface area contributed by atoms with Crippen molar-refractivity contribution in [1.82, 2.24) is 14.8 Å². The summed E-state index contributed by atoms with van der Waals surface area (Å²) in [5.74, 6) is 1.58. The summed E-state index contributed by atoms with van der Waals surface area (Å²) in [6.07, 6.45) is 1.64. The van der Waals surface area contributed by atoms with Crippen molar-refractivity contribution in [2.24, 2.45) is 0 Å². The van der Waals surface area contributed by atoms with E-state index in [2.05, 4.69) is 15.5 Å². The van der Waals surface area contributed by atoms with Crippen LogP contribution >= 0.6 is 11.8 Å². The van der Waals surface area contributed by atoms with E-state index in [0.717, 1.165) is 28.3 Å². The fourth-order valence-corrected chi connectivity index (χ4v) is 3.77. The number of anilines is 1. The Morgan fingerprint density at radius 3 is 2.62 bits per heavy atom. The van der Waals surface area contributed by atoms with Gasteiger partial charge in [0.1, 0.15) is 5.76 Å². The molecule has 0 aliphatic carbocycles. The van der Waals surface area contributed by atoms with Crippen molar-refractivity contribution in [3.63, 3.8) is 0 Å². The molecule has 0 bridgehead atoms. The molecule has 146 valence electrons. The second kappa shape index (κ2) is 8.36. The molecule has 2 heterocycles. The lowest BCUT2D eigenvalue weighted by molar-refractivity contribution is -0.113. The molecule has 0 fully saturated rings. The maximum atomic E-state index is 12.4. The predicted molar refractivity (Wildman–Crippen MR) is 114 cm³/mol. The molecule has 29 heavy (non-hydrogen) atoms. The van der Waals surface area contributed by atoms with Crippen LogP contribution < -0.4 is 5.32 Å². The summed E-state index contributed by atoms with van der Waals surface area (Å²) in [4.78, 5) is 12.4. The van der Waals surface area contributed by atoms with Gasteiger partial charge in [-0.15, -0.1) is 10.2 Å². The maximum Gasteiger partial charge on any atom is 0.234 e. The summed E-state index contributed by atoms with van der Waals surface area (Å²) in [5, 5.41) is 12.3. The van der Waals surface area contributed by atoms with E-state index in [9.17, 15) is 4.79 Å². The Balaban J connectivity index is 1.58. The number of nitrogens with zero attached hydrogens (tertiary/aromatic N) is 3. The Morgan fingerprint density at radius 1 is 1.07 bits per heavy atom. The topological polar surface area (TPSA) is 73.0 Å². The van der Waals surface area contributed by atoms with Crippen LogP contribution in [-0.4, -0.2) is 26.4 Å². The number of aromatic nitrogens is 3. The monoisotopic (exact) mass is 404 g/mol. The number of hydrogen-bond acceptors (Lipinski definition) is 5. The van der Waals surface area contributed by atoms with Crippen LogP contribution in [0.15, 0.2) is 76.5 Å². The highest BCUT2D eigenvalue weighted by Gasteiger charge is 2.19. The molecule has 2 aromatic carbocycles. The Morgan fingerprint density at radius 2 is 1.90 bits per heavy atom. The molecule has 7 heteroatoms. The Labute approximate surface area is 173 Å². The molecule has 0 aliphatic rings. The van der Waals surface area contributed by atoms with E-state index in [1.165, 1.54) is 11.8 Å². The molecule has 4 aromatic rings. The average molecular weight is 404 g/mol. The van der Waals surface area contributed by atoms with Crippen LogP contribution in [0.4, 0.5) is 5.69 Å². The van der Waals surface area contributed by atoms with Gasteiger partial charge in [-0.05, 0) is 49.7 Å². The number of para-hydroxylation sites is 1.